The van der Waals surface area contributed by atoms with Gasteiger partial charge in [0.2, 0.25) is 0 Å². The van der Waals surface area contributed by atoms with Crippen molar-refractivity contribution in [2.75, 3.05) is 13.3 Å². The van der Waals surface area contributed by atoms with E-state index in [4.69, 9.17) is 14.2 Å². The quantitative estimate of drug-likeness (QED) is 0.581. The molecule has 7 heteroatoms. The molecule has 4 aliphatic carbocycles. The maximum atomic E-state index is 13.9. The normalized spacial score (nSPS) is 58.9. The van der Waals surface area contributed by atoms with E-state index >= 15 is 0 Å². The number of ether oxygens (including phenoxy) is 3. The smallest absolute Gasteiger partial charge is 0.198 e. The summed E-state index contributed by atoms with van der Waals surface area (Å²) < 4.78 is 32.8. The number of rotatable bonds is 2. The minimum absolute atomic E-state index is 0.0249. The molecule has 10 atom stereocenters. The highest BCUT2D eigenvalue weighted by Gasteiger charge is 2.78. The lowest BCUT2D eigenvalue weighted by atomic mass is 9.44. The van der Waals surface area contributed by atoms with Gasteiger partial charge < -0.3 is 19.3 Å². The Balaban J connectivity index is 1.41. The van der Waals surface area contributed by atoms with Crippen LogP contribution < -0.4 is 0 Å². The zero-order valence-electron chi connectivity index (χ0n) is 18.7. The standard InChI is InChI=1S/C24H34BrFO5/c1-20(2)30-19-9-16-14-8-18-23(25)10-13(27)4-7-22(23,12-29-18)15(14)5-6-21(16,3)24(19,31-20)17(28)11-26/h13-16,18-19,27H,4-12H2,1-3H3/t13-,14+,15-,16-,18?,19+,21-,22-,23-,24+/m0/s1. The average molecular weight is 501 g/mol. The monoisotopic (exact) mass is 500 g/mol. The maximum absolute atomic E-state index is 13.9. The summed E-state index contributed by atoms with van der Waals surface area (Å²) in [7, 11) is 0. The zero-order chi connectivity index (χ0) is 22.0. The average Bonchev–Trinajstić information content (AvgIpc) is 3.17. The Morgan fingerprint density at radius 1 is 1.13 bits per heavy atom. The third kappa shape index (κ3) is 2.34. The number of Topliss-reactive ketones (excluding diaryl/α,β-unsaturated/α-hetero) is 1. The minimum atomic E-state index is -1.19. The van der Waals surface area contributed by atoms with Gasteiger partial charge in [-0.05, 0) is 76.5 Å². The van der Waals surface area contributed by atoms with E-state index in [-0.39, 0.29) is 34.0 Å². The van der Waals surface area contributed by atoms with Crippen LogP contribution in [-0.4, -0.2) is 58.2 Å². The van der Waals surface area contributed by atoms with E-state index in [0.717, 1.165) is 51.6 Å². The molecule has 1 N–H and O–H groups in total. The third-order valence-corrected chi connectivity index (χ3v) is 12.1. The number of alkyl halides is 2. The first-order chi connectivity index (χ1) is 14.5. The summed E-state index contributed by atoms with van der Waals surface area (Å²) >= 11 is 4.12. The van der Waals surface area contributed by atoms with E-state index in [1.54, 1.807) is 0 Å². The summed E-state index contributed by atoms with van der Waals surface area (Å²) in [5, 5.41) is 10.4. The number of carbonyl (C=O) groups excluding carboxylic acids is 1. The fourth-order valence-electron chi connectivity index (χ4n) is 9.41. The van der Waals surface area contributed by atoms with Crippen LogP contribution in [0, 0.1) is 28.6 Å². The molecular weight excluding hydrogens is 467 g/mol. The van der Waals surface area contributed by atoms with Crippen molar-refractivity contribution in [3.8, 4) is 0 Å². The Kier molecular flexibility index (Phi) is 4.37. The van der Waals surface area contributed by atoms with Crippen molar-refractivity contribution >= 4 is 21.7 Å². The number of fused-ring (bicyclic) bond motifs is 5. The van der Waals surface area contributed by atoms with Gasteiger partial charge >= 0.3 is 0 Å². The van der Waals surface area contributed by atoms with Gasteiger partial charge in [0.15, 0.2) is 23.8 Å². The lowest BCUT2D eigenvalue weighted by Gasteiger charge is -2.63. The fraction of sp³-hybridized carbons (Fsp3) is 0.958. The predicted molar refractivity (Wildman–Crippen MR) is 114 cm³/mol. The first-order valence-electron chi connectivity index (χ1n) is 12.0. The topological polar surface area (TPSA) is 65.0 Å². The second kappa shape index (κ2) is 6.32. The van der Waals surface area contributed by atoms with Gasteiger partial charge in [0.25, 0.3) is 0 Å². The van der Waals surface area contributed by atoms with Gasteiger partial charge in [-0.25, -0.2) is 4.39 Å². The first kappa shape index (κ1) is 21.5. The highest BCUT2D eigenvalue weighted by atomic mass is 79.9. The van der Waals surface area contributed by atoms with E-state index in [9.17, 15) is 14.3 Å². The number of carbonyl (C=O) groups is 1. The van der Waals surface area contributed by atoms with Crippen LogP contribution in [0.25, 0.3) is 0 Å². The highest BCUT2D eigenvalue weighted by Crippen LogP contribution is 2.74. The fourth-order valence-corrected chi connectivity index (χ4v) is 10.7. The van der Waals surface area contributed by atoms with Crippen LogP contribution in [0.3, 0.4) is 0 Å². The molecule has 0 spiro atoms. The molecule has 6 rings (SSSR count). The van der Waals surface area contributed by atoms with E-state index in [0.29, 0.717) is 11.8 Å². The van der Waals surface area contributed by atoms with Crippen LogP contribution >= 0.6 is 15.9 Å². The van der Waals surface area contributed by atoms with Gasteiger partial charge in [0, 0.05) is 10.8 Å². The van der Waals surface area contributed by atoms with Gasteiger partial charge in [-0.1, -0.05) is 22.9 Å². The molecule has 4 saturated carbocycles. The second-order valence-corrected chi connectivity index (χ2v) is 13.3. The van der Waals surface area contributed by atoms with Crippen molar-refractivity contribution in [1.29, 1.82) is 0 Å². The Morgan fingerprint density at radius 3 is 2.65 bits per heavy atom. The van der Waals surface area contributed by atoms with Gasteiger partial charge in [-0.2, -0.15) is 0 Å². The summed E-state index contributed by atoms with van der Waals surface area (Å²) in [6, 6.07) is 0. The lowest BCUT2D eigenvalue weighted by Crippen LogP contribution is -2.65. The van der Waals surface area contributed by atoms with Crippen molar-refractivity contribution in [2.24, 2.45) is 28.6 Å². The maximum Gasteiger partial charge on any atom is 0.198 e. The number of hydrogen-bond acceptors (Lipinski definition) is 5. The number of hydrogen-bond donors (Lipinski definition) is 1. The lowest BCUT2D eigenvalue weighted by molar-refractivity contribution is -0.218. The summed E-state index contributed by atoms with van der Waals surface area (Å²) in [4.78, 5) is 13.1. The van der Waals surface area contributed by atoms with Crippen molar-refractivity contribution in [3.05, 3.63) is 0 Å². The molecule has 0 aromatic heterocycles. The van der Waals surface area contributed by atoms with Crippen LogP contribution in [0.15, 0.2) is 0 Å². The number of ketones is 1. The second-order valence-electron chi connectivity index (χ2n) is 11.9. The summed E-state index contributed by atoms with van der Waals surface area (Å²) in [6.45, 7) is 5.57. The molecule has 2 bridgehead atoms. The van der Waals surface area contributed by atoms with Gasteiger partial charge in [-0.15, -0.1) is 0 Å². The molecule has 6 fully saturated rings. The van der Waals surface area contributed by atoms with Crippen LogP contribution in [0.5, 0.6) is 0 Å². The van der Waals surface area contributed by atoms with E-state index in [2.05, 4.69) is 22.9 Å². The van der Waals surface area contributed by atoms with E-state index < -0.39 is 29.3 Å². The Labute approximate surface area is 191 Å². The summed E-state index contributed by atoms with van der Waals surface area (Å²) in [5.41, 5.74) is -1.60. The Bertz CT molecular complexity index is 822. The molecule has 2 heterocycles. The van der Waals surface area contributed by atoms with Gasteiger partial charge in [0.1, 0.15) is 0 Å². The first-order valence-corrected chi connectivity index (χ1v) is 12.8. The number of halogens is 2. The van der Waals surface area contributed by atoms with Crippen molar-refractivity contribution in [2.45, 2.75) is 99.7 Å². The van der Waals surface area contributed by atoms with Crippen LogP contribution in [0.1, 0.15) is 65.7 Å². The van der Waals surface area contributed by atoms with Crippen LogP contribution in [-0.2, 0) is 19.0 Å². The van der Waals surface area contributed by atoms with E-state index in [1.165, 1.54) is 0 Å². The van der Waals surface area contributed by atoms with Crippen LogP contribution in [0.4, 0.5) is 4.39 Å². The molecule has 6 aliphatic rings. The zero-order valence-corrected chi connectivity index (χ0v) is 20.3. The van der Waals surface area contributed by atoms with Crippen molar-refractivity contribution in [1.82, 2.24) is 0 Å². The molecule has 2 aliphatic heterocycles. The predicted octanol–water partition coefficient (Wildman–Crippen LogP) is 3.94. The Morgan fingerprint density at radius 2 is 1.90 bits per heavy atom. The number of aliphatic hydroxyl groups is 1. The van der Waals surface area contributed by atoms with Gasteiger partial charge in [0.05, 0.1) is 29.2 Å². The molecule has 31 heavy (non-hydrogen) atoms. The highest BCUT2D eigenvalue weighted by molar-refractivity contribution is 9.10. The third-order valence-electron chi connectivity index (χ3n) is 10.5. The van der Waals surface area contributed by atoms with Crippen molar-refractivity contribution < 1.29 is 28.5 Å². The summed E-state index contributed by atoms with van der Waals surface area (Å²) in [6.07, 6.45) is 5.41. The Hall–Kier alpha value is -0.0800. The summed E-state index contributed by atoms with van der Waals surface area (Å²) in [5.74, 6) is -0.209. The molecule has 5 nitrogen and oxygen atoms in total. The minimum Gasteiger partial charge on any atom is -0.393 e. The molecule has 0 amide bonds. The molecule has 0 aromatic carbocycles. The largest absolute Gasteiger partial charge is 0.393 e. The molecule has 174 valence electrons. The molecule has 2 saturated heterocycles. The molecular formula is C24H34BrFO5. The SMILES string of the molecule is CC1(C)O[C@@H]2C[C@H]3[C@@H]4CC5OC[C@@]6(CC[C@H](O)C[C@]56Br)[C@H]4CC[C@]3(C)[C@]2(C(=O)CF)O1. The molecule has 0 aromatic rings. The van der Waals surface area contributed by atoms with E-state index in [1.807, 2.05) is 13.8 Å². The van der Waals surface area contributed by atoms with Gasteiger partial charge in [-0.3, -0.25) is 4.79 Å². The molecule has 1 unspecified atom stereocenters. The number of aliphatic hydroxyl groups excluding tert-OH is 1. The van der Waals surface area contributed by atoms with Crippen molar-refractivity contribution in [3.63, 3.8) is 0 Å². The van der Waals surface area contributed by atoms with Crippen LogP contribution in [0.2, 0.25) is 0 Å². The molecule has 0 radical (unpaired) electrons.